The molecule has 0 spiro atoms. The van der Waals surface area contributed by atoms with E-state index in [4.69, 9.17) is 21.1 Å². The Hall–Kier alpha value is -1.41. The van der Waals surface area contributed by atoms with Crippen molar-refractivity contribution in [3.8, 4) is 22.1 Å². The van der Waals surface area contributed by atoms with E-state index in [1.807, 2.05) is 24.3 Å². The third-order valence-electron chi connectivity index (χ3n) is 3.02. The fraction of sp³-hybridized carbons (Fsp3) is 0.0667. The van der Waals surface area contributed by atoms with Gasteiger partial charge in [0.05, 0.1) is 21.3 Å². The van der Waals surface area contributed by atoms with Crippen molar-refractivity contribution in [1.29, 1.82) is 0 Å². The van der Waals surface area contributed by atoms with Crippen molar-refractivity contribution < 1.29 is 14.3 Å². The van der Waals surface area contributed by atoms with Crippen molar-refractivity contribution in [3.63, 3.8) is 0 Å². The second-order valence-corrected chi connectivity index (χ2v) is 7.50. The fourth-order valence-electron chi connectivity index (χ4n) is 2.03. The van der Waals surface area contributed by atoms with Gasteiger partial charge in [-0.3, -0.25) is 4.79 Å². The molecular formula is C15H10ClNO3S3. The minimum atomic E-state index is -0.962. The average Bonchev–Trinajstić information content (AvgIpc) is 3.13. The van der Waals surface area contributed by atoms with Gasteiger partial charge in [-0.05, 0) is 36.4 Å². The second kappa shape index (κ2) is 7.00. The number of nitrogens with zero attached hydrogens (tertiary/aromatic N) is 1. The molecule has 0 aliphatic carbocycles. The molecule has 0 saturated carbocycles. The third kappa shape index (κ3) is 3.74. The summed E-state index contributed by atoms with van der Waals surface area (Å²) in [6.45, 7) is 0. The largest absolute Gasteiger partial charge is 0.481 e. The van der Waals surface area contributed by atoms with Crippen LogP contribution in [0.3, 0.4) is 0 Å². The first kappa shape index (κ1) is 16.4. The summed E-state index contributed by atoms with van der Waals surface area (Å²) >= 11 is 11.4. The lowest BCUT2D eigenvalue weighted by Crippen LogP contribution is -2.01. The quantitative estimate of drug-likeness (QED) is 0.463. The van der Waals surface area contributed by atoms with Crippen LogP contribution < -0.4 is 0 Å². The van der Waals surface area contributed by atoms with Crippen LogP contribution in [0.25, 0.3) is 22.1 Å². The van der Waals surface area contributed by atoms with Gasteiger partial charge in [-0.15, -0.1) is 23.0 Å². The summed E-state index contributed by atoms with van der Waals surface area (Å²) in [5.74, 6) is -0.126. The third-order valence-corrected chi connectivity index (χ3v) is 5.37. The highest BCUT2D eigenvalue weighted by Crippen LogP contribution is 2.36. The van der Waals surface area contributed by atoms with Gasteiger partial charge in [0, 0.05) is 10.5 Å². The van der Waals surface area contributed by atoms with Crippen molar-refractivity contribution >= 4 is 51.4 Å². The van der Waals surface area contributed by atoms with E-state index < -0.39 is 5.97 Å². The van der Waals surface area contributed by atoms with Gasteiger partial charge in [0.1, 0.15) is 0 Å². The number of rotatable bonds is 5. The van der Waals surface area contributed by atoms with Crippen LogP contribution in [-0.2, 0) is 11.2 Å². The number of aliphatic carboxylic acids is 1. The van der Waals surface area contributed by atoms with Crippen LogP contribution >= 0.6 is 45.4 Å². The summed E-state index contributed by atoms with van der Waals surface area (Å²) in [5.41, 5.74) is 1.16. The summed E-state index contributed by atoms with van der Waals surface area (Å²) in [4.78, 5) is 17.2. The minimum Gasteiger partial charge on any atom is -0.481 e. The van der Waals surface area contributed by atoms with Crippen LogP contribution in [0.1, 0.15) is 5.69 Å². The summed E-state index contributed by atoms with van der Waals surface area (Å²) in [6, 6.07) is 11.1. The normalized spacial score (nSPS) is 10.9. The molecular weight excluding hydrogens is 374 g/mol. The van der Waals surface area contributed by atoms with E-state index in [1.54, 1.807) is 12.1 Å². The molecule has 3 aromatic rings. The van der Waals surface area contributed by atoms with E-state index in [2.05, 4.69) is 16.6 Å². The Kier molecular flexibility index (Phi) is 5.01. The highest BCUT2D eigenvalue weighted by Gasteiger charge is 2.20. The van der Waals surface area contributed by atoms with Crippen LogP contribution in [0.5, 0.6) is 0 Å². The smallest absolute Gasteiger partial charge is 0.309 e. The standard InChI is InChI=1S/C15H10ClNO3S3/c16-12-6-5-11(22-12)14-10(7-13(18)19)17-15(20-14)8-1-3-9(23-21)4-2-8/h1-6,21H,7H2,(H,18,19). The molecule has 0 unspecified atom stereocenters. The van der Waals surface area contributed by atoms with Gasteiger partial charge in [-0.2, -0.15) is 0 Å². The maximum atomic E-state index is 11.1. The number of carboxylic acids is 1. The van der Waals surface area contributed by atoms with Gasteiger partial charge in [0.2, 0.25) is 5.89 Å². The van der Waals surface area contributed by atoms with Crippen molar-refractivity contribution in [2.45, 2.75) is 11.3 Å². The number of aromatic nitrogens is 1. The van der Waals surface area contributed by atoms with Gasteiger partial charge in [0.25, 0.3) is 0 Å². The number of carboxylic acid groups (broad SMARTS) is 1. The molecule has 3 rings (SSSR count). The lowest BCUT2D eigenvalue weighted by Gasteiger charge is -1.97. The zero-order valence-electron chi connectivity index (χ0n) is 11.5. The van der Waals surface area contributed by atoms with Crippen molar-refractivity contribution in [3.05, 3.63) is 46.4 Å². The summed E-state index contributed by atoms with van der Waals surface area (Å²) in [5, 5.41) is 9.08. The first-order valence-corrected chi connectivity index (χ1v) is 9.52. The Morgan fingerprint density at radius 3 is 2.61 bits per heavy atom. The van der Waals surface area contributed by atoms with E-state index in [0.29, 0.717) is 21.7 Å². The molecule has 0 atom stereocenters. The van der Waals surface area contributed by atoms with E-state index in [0.717, 1.165) is 15.3 Å². The molecule has 0 aliphatic rings. The number of thiophene rings is 1. The molecule has 2 heterocycles. The van der Waals surface area contributed by atoms with E-state index in [1.165, 1.54) is 22.1 Å². The average molecular weight is 384 g/mol. The van der Waals surface area contributed by atoms with Crippen molar-refractivity contribution in [2.75, 3.05) is 0 Å². The molecule has 0 fully saturated rings. The zero-order chi connectivity index (χ0) is 16.4. The molecule has 0 amide bonds. The molecule has 0 saturated heterocycles. The number of benzene rings is 1. The Bertz CT molecular complexity index is 842. The summed E-state index contributed by atoms with van der Waals surface area (Å²) in [6.07, 6.45) is -0.209. The molecule has 0 aliphatic heterocycles. The predicted octanol–water partition coefficient (Wildman–Crippen LogP) is 5.29. The van der Waals surface area contributed by atoms with E-state index >= 15 is 0 Å². The lowest BCUT2D eigenvalue weighted by atomic mass is 10.2. The van der Waals surface area contributed by atoms with Crippen LogP contribution in [0.4, 0.5) is 0 Å². The van der Waals surface area contributed by atoms with E-state index in [9.17, 15) is 4.79 Å². The Morgan fingerprint density at radius 1 is 1.30 bits per heavy atom. The number of hydrogen-bond acceptors (Lipinski definition) is 6. The van der Waals surface area contributed by atoms with Crippen LogP contribution in [0.15, 0.2) is 45.7 Å². The van der Waals surface area contributed by atoms with Gasteiger partial charge < -0.3 is 9.52 Å². The zero-order valence-corrected chi connectivity index (χ0v) is 14.8. The molecule has 2 aromatic heterocycles. The summed E-state index contributed by atoms with van der Waals surface area (Å²) in [7, 11) is 1.34. The fourth-order valence-corrected chi connectivity index (χ4v) is 3.70. The van der Waals surface area contributed by atoms with Gasteiger partial charge >= 0.3 is 5.97 Å². The molecule has 118 valence electrons. The number of carbonyl (C=O) groups is 1. The van der Waals surface area contributed by atoms with Crippen LogP contribution in [-0.4, -0.2) is 16.1 Å². The van der Waals surface area contributed by atoms with Crippen LogP contribution in [0, 0.1) is 0 Å². The predicted molar refractivity (Wildman–Crippen MR) is 96.4 cm³/mol. The molecule has 1 N–H and O–H groups in total. The Labute approximate surface area is 150 Å². The van der Waals surface area contributed by atoms with Crippen LogP contribution in [0.2, 0.25) is 4.34 Å². The molecule has 0 bridgehead atoms. The highest BCUT2D eigenvalue weighted by molar-refractivity contribution is 8.68. The minimum absolute atomic E-state index is 0.209. The first-order valence-electron chi connectivity index (χ1n) is 6.46. The monoisotopic (exact) mass is 383 g/mol. The van der Waals surface area contributed by atoms with E-state index in [-0.39, 0.29) is 6.42 Å². The van der Waals surface area contributed by atoms with Crippen molar-refractivity contribution in [2.24, 2.45) is 0 Å². The number of thiol groups is 1. The Morgan fingerprint density at radius 2 is 2.04 bits per heavy atom. The molecule has 4 nitrogen and oxygen atoms in total. The number of oxazole rings is 1. The number of hydrogen-bond donors (Lipinski definition) is 2. The topological polar surface area (TPSA) is 63.3 Å². The molecule has 0 radical (unpaired) electrons. The Balaban J connectivity index is 2.04. The van der Waals surface area contributed by atoms with Gasteiger partial charge in [-0.1, -0.05) is 22.4 Å². The van der Waals surface area contributed by atoms with Crippen molar-refractivity contribution in [1.82, 2.24) is 4.98 Å². The second-order valence-electron chi connectivity index (χ2n) is 4.58. The number of halogens is 1. The molecule has 8 heteroatoms. The summed E-state index contributed by atoms with van der Waals surface area (Å²) < 4.78 is 6.43. The maximum absolute atomic E-state index is 11.1. The van der Waals surface area contributed by atoms with Gasteiger partial charge in [-0.25, -0.2) is 4.98 Å². The SMILES string of the molecule is O=C(O)Cc1nc(-c2ccc(SS)cc2)oc1-c1ccc(Cl)s1. The highest BCUT2D eigenvalue weighted by atomic mass is 35.5. The van der Waals surface area contributed by atoms with Gasteiger partial charge in [0.15, 0.2) is 5.76 Å². The maximum Gasteiger partial charge on any atom is 0.309 e. The molecule has 1 aromatic carbocycles. The first-order chi connectivity index (χ1) is 11.1. The lowest BCUT2D eigenvalue weighted by molar-refractivity contribution is -0.136. The molecule has 23 heavy (non-hydrogen) atoms.